The molecule has 0 fully saturated rings. The molecule has 1 atom stereocenters. The molecule has 0 aliphatic heterocycles. The third-order valence-corrected chi connectivity index (χ3v) is 21.8. The highest BCUT2D eigenvalue weighted by Gasteiger charge is 2.38. The van der Waals surface area contributed by atoms with Gasteiger partial charge in [-0.3, -0.25) is 0 Å². The highest BCUT2D eigenvalue weighted by molar-refractivity contribution is 6.74. The molecule has 1 unspecified atom stereocenters. The lowest BCUT2D eigenvalue weighted by Crippen LogP contribution is -2.42. The van der Waals surface area contributed by atoms with Crippen LogP contribution in [0.1, 0.15) is 68.7 Å². The fourth-order valence-corrected chi connectivity index (χ4v) is 5.51. The first-order valence-electron chi connectivity index (χ1n) is 13.1. The Balaban J connectivity index is 4.73. The minimum absolute atomic E-state index is 0.000607. The van der Waals surface area contributed by atoms with Gasteiger partial charge in [0.15, 0.2) is 25.0 Å². The summed E-state index contributed by atoms with van der Waals surface area (Å²) in [6.45, 7) is 37.8. The van der Waals surface area contributed by atoms with Crippen molar-refractivity contribution in [1.82, 2.24) is 0 Å². The van der Waals surface area contributed by atoms with Crippen LogP contribution < -0.4 is 0 Å². The van der Waals surface area contributed by atoms with Crippen LogP contribution in [0.15, 0.2) is 0 Å². The Morgan fingerprint density at radius 3 is 1.24 bits per heavy atom. The summed E-state index contributed by atoms with van der Waals surface area (Å²) in [6, 6.07) is 0. The quantitative estimate of drug-likeness (QED) is 0.157. The van der Waals surface area contributed by atoms with Gasteiger partial charge in [0, 0.05) is 6.61 Å². The van der Waals surface area contributed by atoms with Crippen LogP contribution in [0.5, 0.6) is 0 Å². The summed E-state index contributed by atoms with van der Waals surface area (Å²) in [4.78, 5) is 0. The van der Waals surface area contributed by atoms with Gasteiger partial charge in [-0.1, -0.05) is 62.3 Å². The van der Waals surface area contributed by atoms with Crippen molar-refractivity contribution in [2.24, 2.45) is 0 Å². The van der Waals surface area contributed by atoms with Gasteiger partial charge >= 0.3 is 0 Å². The first kappa shape index (κ1) is 34.5. The minimum Gasteiger partial charge on any atom is -0.417 e. The van der Waals surface area contributed by atoms with Gasteiger partial charge in [0.2, 0.25) is 0 Å². The molecule has 0 amide bonds. The topological polar surface area (TPSA) is 46.2 Å². The lowest BCUT2D eigenvalue weighted by atomic mass is 10.2. The number of rotatable bonds is 15. The molecule has 0 aromatic carbocycles. The lowest BCUT2D eigenvalue weighted by molar-refractivity contribution is -0.0397. The Bertz CT molecular complexity index is 572. The second-order valence-electron chi connectivity index (χ2n) is 14.2. The maximum absolute atomic E-state index is 6.40. The highest BCUT2D eigenvalue weighted by atomic mass is 28.4. The third-order valence-electron chi connectivity index (χ3n) is 8.22. The summed E-state index contributed by atoms with van der Waals surface area (Å²) in [5.41, 5.74) is 0. The summed E-state index contributed by atoms with van der Waals surface area (Å²) in [5.74, 6) is 0. The van der Waals surface area contributed by atoms with E-state index >= 15 is 0 Å². The molecule has 0 aromatic rings. The van der Waals surface area contributed by atoms with Crippen LogP contribution >= 0.6 is 0 Å². The molecular weight excluding hydrogens is 477 g/mol. The zero-order chi connectivity index (χ0) is 27.1. The van der Waals surface area contributed by atoms with Gasteiger partial charge in [-0.15, -0.1) is 0 Å². The van der Waals surface area contributed by atoms with Crippen LogP contribution in [-0.2, 0) is 22.8 Å². The largest absolute Gasteiger partial charge is 0.417 e. The van der Waals surface area contributed by atoms with E-state index in [-0.39, 0.29) is 21.2 Å². The van der Waals surface area contributed by atoms with Crippen LogP contribution in [0.3, 0.4) is 0 Å². The minimum atomic E-state index is -1.77. The Morgan fingerprint density at radius 2 is 0.853 bits per heavy atom. The molecule has 0 bridgehead atoms. The Kier molecular flexibility index (Phi) is 13.5. The summed E-state index contributed by atoms with van der Waals surface area (Å²) in [7, 11) is -5.27. The van der Waals surface area contributed by atoms with Gasteiger partial charge in [0.05, 0.1) is 39.1 Å². The molecular formula is C26H60O5Si3. The van der Waals surface area contributed by atoms with Crippen molar-refractivity contribution in [3.63, 3.8) is 0 Å². The molecule has 0 aromatic heterocycles. The number of hydrogen-bond acceptors (Lipinski definition) is 5. The summed E-state index contributed by atoms with van der Waals surface area (Å²) in [5, 5.41) is 0.623. The van der Waals surface area contributed by atoms with Crippen LogP contribution in [-0.4, -0.2) is 70.7 Å². The molecule has 34 heavy (non-hydrogen) atoms. The molecule has 5 nitrogen and oxygen atoms in total. The lowest BCUT2D eigenvalue weighted by Gasteiger charge is -2.37. The smallest absolute Gasteiger partial charge is 0.192 e. The van der Waals surface area contributed by atoms with Crippen LogP contribution in [0.4, 0.5) is 0 Å². The van der Waals surface area contributed by atoms with Crippen molar-refractivity contribution in [2.75, 3.05) is 39.6 Å². The van der Waals surface area contributed by atoms with E-state index in [4.69, 9.17) is 22.8 Å². The van der Waals surface area contributed by atoms with Crippen molar-refractivity contribution in [3.8, 4) is 0 Å². The second kappa shape index (κ2) is 13.3. The van der Waals surface area contributed by atoms with Crippen molar-refractivity contribution in [2.45, 2.75) is 129 Å². The number of hydrogen-bond donors (Lipinski definition) is 0. The Morgan fingerprint density at radius 1 is 0.500 bits per heavy atom. The molecule has 0 saturated heterocycles. The van der Waals surface area contributed by atoms with E-state index in [9.17, 15) is 0 Å². The summed E-state index contributed by atoms with van der Waals surface area (Å²) >= 11 is 0. The molecule has 0 aliphatic carbocycles. The summed E-state index contributed by atoms with van der Waals surface area (Å²) in [6.07, 6.45) is 0.830. The fraction of sp³-hybridized carbons (Fsp3) is 1.00. The average Bonchev–Trinajstić information content (AvgIpc) is 2.61. The van der Waals surface area contributed by atoms with E-state index in [2.05, 4.69) is 102 Å². The zero-order valence-electron chi connectivity index (χ0n) is 25.6. The molecule has 206 valence electrons. The highest BCUT2D eigenvalue weighted by Crippen LogP contribution is 2.38. The fourth-order valence-electron chi connectivity index (χ4n) is 2.39. The first-order valence-corrected chi connectivity index (χ1v) is 21.9. The van der Waals surface area contributed by atoms with E-state index < -0.39 is 25.0 Å². The molecule has 0 heterocycles. The zero-order valence-corrected chi connectivity index (χ0v) is 28.6. The maximum Gasteiger partial charge on any atom is 0.192 e. The second-order valence-corrected chi connectivity index (χ2v) is 28.6. The molecule has 0 spiro atoms. The van der Waals surface area contributed by atoms with E-state index in [0.29, 0.717) is 39.6 Å². The van der Waals surface area contributed by atoms with E-state index in [1.54, 1.807) is 0 Å². The molecule has 0 saturated carbocycles. The molecule has 0 radical (unpaired) electrons. The van der Waals surface area contributed by atoms with Crippen molar-refractivity contribution in [3.05, 3.63) is 0 Å². The van der Waals surface area contributed by atoms with Crippen molar-refractivity contribution >= 4 is 25.0 Å². The van der Waals surface area contributed by atoms with E-state index in [1.807, 2.05) is 0 Å². The van der Waals surface area contributed by atoms with E-state index in [1.165, 1.54) is 0 Å². The first-order chi connectivity index (χ1) is 15.0. The van der Waals surface area contributed by atoms with Gasteiger partial charge < -0.3 is 22.8 Å². The van der Waals surface area contributed by atoms with Crippen LogP contribution in [0.2, 0.25) is 54.4 Å². The molecule has 8 heteroatoms. The molecule has 0 rings (SSSR count). The Hall–Kier alpha value is 0.451. The van der Waals surface area contributed by atoms with E-state index in [0.717, 1.165) is 6.42 Å². The molecule has 0 N–H and O–H groups in total. The van der Waals surface area contributed by atoms with Gasteiger partial charge in [-0.2, -0.15) is 0 Å². The van der Waals surface area contributed by atoms with Gasteiger partial charge in [-0.25, -0.2) is 0 Å². The summed E-state index contributed by atoms with van der Waals surface area (Å²) < 4.78 is 31.2. The van der Waals surface area contributed by atoms with Gasteiger partial charge in [0.1, 0.15) is 0 Å². The Labute approximate surface area is 216 Å². The normalized spacial score (nSPS) is 15.6. The predicted molar refractivity (Wildman–Crippen MR) is 155 cm³/mol. The monoisotopic (exact) mass is 536 g/mol. The maximum atomic E-state index is 6.40. The van der Waals surface area contributed by atoms with Crippen molar-refractivity contribution < 1.29 is 22.8 Å². The van der Waals surface area contributed by atoms with Crippen LogP contribution in [0, 0.1) is 0 Å². The SMILES string of the molecule is CC(C)(C)[Si](C)(C)OCCOCC(CCO[Si](C)(C)C(C)(C)C)OCCO[Si](C)(C)C(C)(C)C. The molecule has 0 aliphatic rings. The third kappa shape index (κ3) is 12.1. The average molecular weight is 537 g/mol. The standard InChI is InChI=1S/C26H60O5Si3/c1-24(2,3)32(10,11)29-17-16-23(28-19-21-31-34(14,15)26(7,8)9)22-27-18-20-30-33(12,13)25(4,5)6/h23H,16-22H2,1-15H3. The number of ether oxygens (including phenoxy) is 2. The van der Waals surface area contributed by atoms with Crippen LogP contribution in [0.25, 0.3) is 0 Å². The predicted octanol–water partition coefficient (Wildman–Crippen LogP) is 7.84. The van der Waals surface area contributed by atoms with Gasteiger partial charge in [0.25, 0.3) is 0 Å². The van der Waals surface area contributed by atoms with Gasteiger partial charge in [-0.05, 0) is 60.8 Å². The van der Waals surface area contributed by atoms with Crippen molar-refractivity contribution in [1.29, 1.82) is 0 Å².